The number of nitrogens with one attached hydrogen (secondary N) is 1. The molecule has 2 aromatic carbocycles. The van der Waals surface area contributed by atoms with Gasteiger partial charge in [0.25, 0.3) is 0 Å². The smallest absolute Gasteiger partial charge is 0.242 e. The number of aryl methyl sites for hydroxylation is 1. The molecule has 0 aliphatic rings. The van der Waals surface area contributed by atoms with Gasteiger partial charge in [0.15, 0.2) is 0 Å². The number of rotatable bonds is 13. The molecule has 36 heavy (non-hydrogen) atoms. The Balaban J connectivity index is 2.23. The molecule has 2 rings (SSSR count). The molecular formula is C27H38ClN3O4S. The van der Waals surface area contributed by atoms with Crippen molar-refractivity contribution >= 4 is 39.1 Å². The van der Waals surface area contributed by atoms with E-state index in [1.165, 1.54) is 4.31 Å². The monoisotopic (exact) mass is 535 g/mol. The number of hydrogen-bond acceptors (Lipinski definition) is 4. The Morgan fingerprint density at radius 1 is 1.06 bits per heavy atom. The minimum Gasteiger partial charge on any atom is -0.354 e. The Labute approximate surface area is 220 Å². The van der Waals surface area contributed by atoms with Crippen LogP contribution in [0, 0.1) is 12.8 Å². The van der Waals surface area contributed by atoms with Crippen LogP contribution in [0.5, 0.6) is 0 Å². The van der Waals surface area contributed by atoms with Crippen LogP contribution in [-0.4, -0.2) is 50.5 Å². The molecule has 1 N–H and O–H groups in total. The Morgan fingerprint density at radius 3 is 2.28 bits per heavy atom. The summed E-state index contributed by atoms with van der Waals surface area (Å²) < 4.78 is 26.3. The number of hydrogen-bond donors (Lipinski definition) is 1. The van der Waals surface area contributed by atoms with Gasteiger partial charge < -0.3 is 10.2 Å². The molecule has 0 aliphatic carbocycles. The van der Waals surface area contributed by atoms with Crippen molar-refractivity contribution in [1.29, 1.82) is 0 Å². The van der Waals surface area contributed by atoms with Crippen LogP contribution >= 0.6 is 11.6 Å². The van der Waals surface area contributed by atoms with E-state index in [0.29, 0.717) is 30.1 Å². The molecule has 0 radical (unpaired) electrons. The van der Waals surface area contributed by atoms with Gasteiger partial charge in [0.05, 0.1) is 11.9 Å². The van der Waals surface area contributed by atoms with Gasteiger partial charge in [-0.15, -0.1) is 0 Å². The Morgan fingerprint density at radius 2 is 1.69 bits per heavy atom. The van der Waals surface area contributed by atoms with Crippen LogP contribution in [0.4, 0.5) is 5.69 Å². The third kappa shape index (κ3) is 8.52. The van der Waals surface area contributed by atoms with Gasteiger partial charge in [0.1, 0.15) is 6.04 Å². The van der Waals surface area contributed by atoms with Crippen molar-refractivity contribution in [2.24, 2.45) is 5.92 Å². The molecule has 2 aromatic rings. The van der Waals surface area contributed by atoms with Gasteiger partial charge in [-0.2, -0.15) is 0 Å². The molecule has 0 fully saturated rings. The first-order valence-corrected chi connectivity index (χ1v) is 14.5. The fourth-order valence-electron chi connectivity index (χ4n) is 3.98. The van der Waals surface area contributed by atoms with E-state index in [9.17, 15) is 18.0 Å². The summed E-state index contributed by atoms with van der Waals surface area (Å²) >= 11 is 6.37. The Kier molecular flexibility index (Phi) is 11.2. The second-order valence-electron chi connectivity index (χ2n) is 9.40. The van der Waals surface area contributed by atoms with Gasteiger partial charge in [-0.1, -0.05) is 68.8 Å². The molecule has 0 aliphatic heterocycles. The number of halogens is 1. The van der Waals surface area contributed by atoms with Gasteiger partial charge >= 0.3 is 0 Å². The first-order chi connectivity index (χ1) is 17.0. The molecule has 9 heteroatoms. The predicted octanol–water partition coefficient (Wildman–Crippen LogP) is 4.77. The molecule has 1 atom stereocenters. The molecule has 2 amide bonds. The summed E-state index contributed by atoms with van der Waals surface area (Å²) in [4.78, 5) is 28.0. The summed E-state index contributed by atoms with van der Waals surface area (Å²) in [7, 11) is -3.54. The summed E-state index contributed by atoms with van der Waals surface area (Å²) in [6, 6.07) is 13.8. The van der Waals surface area contributed by atoms with Crippen LogP contribution in [0.1, 0.15) is 51.2 Å². The molecule has 0 saturated carbocycles. The Hall–Kier alpha value is -2.58. The predicted molar refractivity (Wildman–Crippen MR) is 147 cm³/mol. The molecule has 198 valence electrons. The number of sulfonamides is 1. The number of anilines is 1. The summed E-state index contributed by atoms with van der Waals surface area (Å²) in [6.45, 7) is 8.61. The molecule has 0 saturated heterocycles. The molecular weight excluding hydrogens is 498 g/mol. The van der Waals surface area contributed by atoms with E-state index in [2.05, 4.69) is 5.32 Å². The first-order valence-electron chi connectivity index (χ1n) is 12.3. The molecule has 0 aromatic heterocycles. The highest BCUT2D eigenvalue weighted by atomic mass is 35.5. The number of amides is 2. The van der Waals surface area contributed by atoms with E-state index in [1.54, 1.807) is 23.1 Å². The molecule has 1 unspecified atom stereocenters. The SMILES string of the molecule is CCC(C(=O)NCC(C)C)N(Cc1ccccc1Cl)C(=O)CCCN(c1ccccc1C)S(C)(=O)=O. The maximum Gasteiger partial charge on any atom is 0.242 e. The zero-order valence-electron chi connectivity index (χ0n) is 21.8. The van der Waals surface area contributed by atoms with E-state index in [-0.39, 0.29) is 37.2 Å². The van der Waals surface area contributed by atoms with Crippen molar-refractivity contribution in [2.45, 2.75) is 59.5 Å². The lowest BCUT2D eigenvalue weighted by atomic mass is 10.1. The van der Waals surface area contributed by atoms with Crippen LogP contribution in [0.3, 0.4) is 0 Å². The van der Waals surface area contributed by atoms with Gasteiger partial charge in [-0.05, 0) is 48.9 Å². The molecule has 7 nitrogen and oxygen atoms in total. The summed E-state index contributed by atoms with van der Waals surface area (Å²) in [5.41, 5.74) is 2.18. The highest BCUT2D eigenvalue weighted by Gasteiger charge is 2.29. The second kappa shape index (κ2) is 13.7. The number of nitrogens with zero attached hydrogens (tertiary/aromatic N) is 2. The number of para-hydroxylation sites is 1. The van der Waals surface area contributed by atoms with Crippen molar-refractivity contribution in [2.75, 3.05) is 23.7 Å². The average Bonchev–Trinajstić information content (AvgIpc) is 2.81. The quantitative estimate of drug-likeness (QED) is 0.400. The second-order valence-corrected chi connectivity index (χ2v) is 11.7. The largest absolute Gasteiger partial charge is 0.354 e. The fraction of sp³-hybridized carbons (Fsp3) is 0.481. The van der Waals surface area contributed by atoms with E-state index in [1.807, 2.05) is 58.0 Å². The minimum atomic E-state index is -3.54. The minimum absolute atomic E-state index is 0.0936. The highest BCUT2D eigenvalue weighted by Crippen LogP contribution is 2.24. The maximum absolute atomic E-state index is 13.5. The van der Waals surface area contributed by atoms with E-state index < -0.39 is 16.1 Å². The Bertz CT molecular complexity index is 1140. The molecule has 0 bridgehead atoms. The average molecular weight is 536 g/mol. The number of carbonyl (C=O) groups excluding carboxylic acids is 2. The summed E-state index contributed by atoms with van der Waals surface area (Å²) in [5.74, 6) is -0.147. The van der Waals surface area contributed by atoms with E-state index in [0.717, 1.165) is 17.4 Å². The van der Waals surface area contributed by atoms with Crippen molar-refractivity contribution < 1.29 is 18.0 Å². The van der Waals surface area contributed by atoms with Crippen LogP contribution in [-0.2, 0) is 26.2 Å². The van der Waals surface area contributed by atoms with E-state index in [4.69, 9.17) is 11.6 Å². The van der Waals surface area contributed by atoms with Crippen molar-refractivity contribution in [3.63, 3.8) is 0 Å². The van der Waals surface area contributed by atoms with Gasteiger partial charge in [0.2, 0.25) is 21.8 Å². The standard InChI is InChI=1S/C27H38ClN3O4S/c1-6-24(27(33)29-18-20(2)3)30(19-22-13-8-9-14-23(22)28)26(32)16-11-17-31(36(5,34)35)25-15-10-7-12-21(25)4/h7-10,12-15,20,24H,6,11,16-19H2,1-5H3,(H,29,33). The first kappa shape index (κ1) is 29.6. The lowest BCUT2D eigenvalue weighted by Gasteiger charge is -2.31. The van der Waals surface area contributed by atoms with Gasteiger partial charge in [0, 0.05) is 31.1 Å². The zero-order chi connectivity index (χ0) is 26.9. The zero-order valence-corrected chi connectivity index (χ0v) is 23.4. The van der Waals surface area contributed by atoms with Crippen LogP contribution in [0.25, 0.3) is 0 Å². The van der Waals surface area contributed by atoms with Gasteiger partial charge in [-0.3, -0.25) is 13.9 Å². The number of carbonyl (C=O) groups is 2. The van der Waals surface area contributed by atoms with Gasteiger partial charge in [-0.25, -0.2) is 8.42 Å². The summed E-state index contributed by atoms with van der Waals surface area (Å²) in [5, 5.41) is 3.46. The highest BCUT2D eigenvalue weighted by molar-refractivity contribution is 7.92. The maximum atomic E-state index is 13.5. The third-order valence-corrected chi connectivity index (χ3v) is 7.45. The van der Waals surface area contributed by atoms with Crippen LogP contribution in [0.15, 0.2) is 48.5 Å². The van der Waals surface area contributed by atoms with Crippen molar-refractivity contribution in [1.82, 2.24) is 10.2 Å². The third-order valence-electron chi connectivity index (χ3n) is 5.91. The van der Waals surface area contributed by atoms with Crippen molar-refractivity contribution in [3.8, 4) is 0 Å². The summed E-state index contributed by atoms with van der Waals surface area (Å²) in [6.07, 6.45) is 2.01. The molecule has 0 spiro atoms. The lowest BCUT2D eigenvalue weighted by molar-refractivity contribution is -0.141. The lowest BCUT2D eigenvalue weighted by Crippen LogP contribution is -2.49. The van der Waals surface area contributed by atoms with Crippen LogP contribution < -0.4 is 9.62 Å². The molecule has 0 heterocycles. The normalized spacial score (nSPS) is 12.3. The van der Waals surface area contributed by atoms with Crippen LogP contribution in [0.2, 0.25) is 5.02 Å². The fourth-order valence-corrected chi connectivity index (χ4v) is 5.20. The van der Waals surface area contributed by atoms with E-state index >= 15 is 0 Å². The topological polar surface area (TPSA) is 86.8 Å². The van der Waals surface area contributed by atoms with Crippen molar-refractivity contribution in [3.05, 3.63) is 64.7 Å². The number of benzene rings is 2.